The van der Waals surface area contributed by atoms with Crippen LogP contribution in [0.5, 0.6) is 0 Å². The number of aromatic nitrogens is 1. The molecule has 1 amide bonds. The summed E-state index contributed by atoms with van der Waals surface area (Å²) in [6.45, 7) is -0.353. The number of nitrogens with zero attached hydrogens (tertiary/aromatic N) is 2. The van der Waals surface area contributed by atoms with Crippen molar-refractivity contribution in [3.05, 3.63) is 89.3 Å². The maximum absolute atomic E-state index is 13.6. The number of aliphatic hydroxyl groups excluding tert-OH is 1. The van der Waals surface area contributed by atoms with Gasteiger partial charge in [-0.05, 0) is 72.0 Å². The molecule has 33 heavy (non-hydrogen) atoms. The number of aliphatic hydroxyl groups is 1. The van der Waals surface area contributed by atoms with Crippen molar-refractivity contribution in [2.75, 3.05) is 30.0 Å². The first-order valence-electron chi connectivity index (χ1n) is 10.9. The summed E-state index contributed by atoms with van der Waals surface area (Å²) in [6, 6.07) is 17.2. The Labute approximate surface area is 190 Å². The monoisotopic (exact) mass is 445 g/mol. The van der Waals surface area contributed by atoms with Crippen LogP contribution in [0.3, 0.4) is 0 Å². The van der Waals surface area contributed by atoms with Gasteiger partial charge in [0.05, 0.1) is 12.8 Å². The largest absolute Gasteiger partial charge is 0.464 e. The van der Waals surface area contributed by atoms with Crippen LogP contribution in [-0.2, 0) is 12.8 Å². The number of benzene rings is 2. The van der Waals surface area contributed by atoms with Gasteiger partial charge in [0, 0.05) is 29.4 Å². The number of anilines is 2. The van der Waals surface area contributed by atoms with Crippen LogP contribution in [0.1, 0.15) is 27.0 Å². The van der Waals surface area contributed by atoms with Gasteiger partial charge in [0.1, 0.15) is 24.2 Å². The fourth-order valence-corrected chi connectivity index (χ4v) is 4.31. The van der Waals surface area contributed by atoms with Gasteiger partial charge >= 0.3 is 0 Å². The van der Waals surface area contributed by atoms with Crippen molar-refractivity contribution in [1.82, 2.24) is 4.98 Å². The molecule has 0 bridgehead atoms. The van der Waals surface area contributed by atoms with Gasteiger partial charge in [0.25, 0.3) is 5.91 Å². The zero-order valence-electron chi connectivity index (χ0n) is 18.0. The molecule has 1 unspecified atom stereocenters. The number of fused-ring (bicyclic) bond motifs is 2. The Morgan fingerprint density at radius 3 is 2.94 bits per heavy atom. The minimum absolute atomic E-state index is 0.177. The van der Waals surface area contributed by atoms with Gasteiger partial charge in [-0.3, -0.25) is 9.69 Å². The number of hydrogen-bond donors (Lipinski definition) is 2. The Hall–Kier alpha value is -3.71. The smallest absolute Gasteiger partial charge is 0.259 e. The minimum atomic E-state index is -1.29. The van der Waals surface area contributed by atoms with E-state index in [4.69, 9.17) is 4.42 Å². The van der Waals surface area contributed by atoms with Crippen LogP contribution < -0.4 is 10.2 Å². The third-order valence-corrected chi connectivity index (χ3v) is 5.92. The fourth-order valence-electron chi connectivity index (χ4n) is 4.31. The van der Waals surface area contributed by atoms with E-state index in [1.807, 2.05) is 42.5 Å². The van der Waals surface area contributed by atoms with Crippen LogP contribution in [-0.4, -0.2) is 41.9 Å². The van der Waals surface area contributed by atoms with E-state index in [0.717, 1.165) is 46.3 Å². The van der Waals surface area contributed by atoms with Gasteiger partial charge in [-0.2, -0.15) is 0 Å². The van der Waals surface area contributed by atoms with Crippen molar-refractivity contribution < 1.29 is 18.7 Å². The van der Waals surface area contributed by atoms with E-state index in [1.54, 1.807) is 18.5 Å². The molecule has 3 heterocycles. The normalized spacial score (nSPS) is 13.5. The highest BCUT2D eigenvalue weighted by Crippen LogP contribution is 2.28. The first-order valence-corrected chi connectivity index (χ1v) is 10.9. The third-order valence-electron chi connectivity index (χ3n) is 5.92. The Balaban J connectivity index is 1.46. The third kappa shape index (κ3) is 4.32. The SMILES string of the molecule is O=C(c1cccc2c1CCN2)N(CC(O)CF)c1cc(Cc2ccc3occc3c2)ccn1. The zero-order valence-corrected chi connectivity index (χ0v) is 18.0. The molecule has 5 rings (SSSR count). The van der Waals surface area contributed by atoms with E-state index in [0.29, 0.717) is 17.8 Å². The second-order valence-electron chi connectivity index (χ2n) is 8.22. The minimum Gasteiger partial charge on any atom is -0.464 e. The molecule has 1 aliphatic heterocycles. The first-order chi connectivity index (χ1) is 16.1. The summed E-state index contributed by atoms with van der Waals surface area (Å²) >= 11 is 0. The van der Waals surface area contributed by atoms with Crippen molar-refractivity contribution >= 4 is 28.4 Å². The maximum atomic E-state index is 13.6. The Morgan fingerprint density at radius 2 is 2.06 bits per heavy atom. The van der Waals surface area contributed by atoms with E-state index >= 15 is 0 Å². The highest BCUT2D eigenvalue weighted by molar-refractivity contribution is 6.07. The highest BCUT2D eigenvalue weighted by Gasteiger charge is 2.26. The van der Waals surface area contributed by atoms with Crippen LogP contribution in [0.15, 0.2) is 71.5 Å². The van der Waals surface area contributed by atoms with Crippen LogP contribution >= 0.6 is 0 Å². The molecule has 1 atom stereocenters. The fraction of sp³-hybridized carbons (Fsp3) is 0.231. The lowest BCUT2D eigenvalue weighted by Gasteiger charge is -2.25. The van der Waals surface area contributed by atoms with Crippen LogP contribution in [0.4, 0.5) is 15.9 Å². The molecule has 0 radical (unpaired) electrons. The van der Waals surface area contributed by atoms with E-state index in [2.05, 4.69) is 16.4 Å². The first kappa shape index (κ1) is 21.2. The molecule has 6 nitrogen and oxygen atoms in total. The zero-order chi connectivity index (χ0) is 22.8. The number of amides is 1. The van der Waals surface area contributed by atoms with E-state index < -0.39 is 12.8 Å². The Kier molecular flexibility index (Phi) is 5.79. The molecule has 1 aliphatic rings. The molecule has 2 N–H and O–H groups in total. The van der Waals surface area contributed by atoms with Crippen molar-refractivity contribution in [3.63, 3.8) is 0 Å². The summed E-state index contributed by atoms with van der Waals surface area (Å²) in [5.74, 6) is 0.0884. The summed E-state index contributed by atoms with van der Waals surface area (Å²) in [5, 5.41) is 14.3. The predicted molar refractivity (Wildman–Crippen MR) is 126 cm³/mol. The molecule has 0 aliphatic carbocycles. The number of pyridine rings is 1. The molecule has 7 heteroatoms. The molecule has 0 fully saturated rings. The lowest BCUT2D eigenvalue weighted by Crippen LogP contribution is -2.39. The lowest BCUT2D eigenvalue weighted by atomic mass is 10.0. The molecular formula is C26H24FN3O3. The standard InChI is InChI=1S/C26H24FN3O3/c27-15-20(31)16-30(26(32)22-2-1-3-23-21(22)7-10-28-23)25-14-18(6-9-29-25)12-17-4-5-24-19(13-17)8-11-33-24/h1-6,8-9,11,13-14,20,28,31H,7,10,12,15-16H2. The maximum Gasteiger partial charge on any atom is 0.259 e. The van der Waals surface area contributed by atoms with Gasteiger partial charge in [0.15, 0.2) is 0 Å². The average Bonchev–Trinajstić information content (AvgIpc) is 3.51. The summed E-state index contributed by atoms with van der Waals surface area (Å²) in [6.07, 6.45) is 3.38. The van der Waals surface area contributed by atoms with E-state index in [9.17, 15) is 14.3 Å². The van der Waals surface area contributed by atoms with Crippen LogP contribution in [0.2, 0.25) is 0 Å². The van der Waals surface area contributed by atoms with Crippen LogP contribution in [0, 0.1) is 0 Å². The van der Waals surface area contributed by atoms with Gasteiger partial charge in [-0.15, -0.1) is 0 Å². The quantitative estimate of drug-likeness (QED) is 0.442. The number of alkyl halides is 1. The van der Waals surface area contributed by atoms with Crippen molar-refractivity contribution in [1.29, 1.82) is 0 Å². The van der Waals surface area contributed by atoms with Gasteiger partial charge in [-0.25, -0.2) is 9.37 Å². The van der Waals surface area contributed by atoms with Crippen molar-refractivity contribution in [3.8, 4) is 0 Å². The number of furan rings is 1. The molecule has 2 aromatic carbocycles. The average molecular weight is 445 g/mol. The van der Waals surface area contributed by atoms with Gasteiger partial charge in [-0.1, -0.05) is 12.1 Å². The lowest BCUT2D eigenvalue weighted by molar-refractivity contribution is 0.0945. The Bertz CT molecular complexity index is 1300. The van der Waals surface area contributed by atoms with E-state index in [-0.39, 0.29) is 12.5 Å². The molecule has 2 aromatic heterocycles. The van der Waals surface area contributed by atoms with Crippen LogP contribution in [0.25, 0.3) is 11.0 Å². The summed E-state index contributed by atoms with van der Waals surface area (Å²) in [7, 11) is 0. The summed E-state index contributed by atoms with van der Waals surface area (Å²) < 4.78 is 18.6. The number of halogens is 1. The van der Waals surface area contributed by atoms with Gasteiger partial charge < -0.3 is 14.8 Å². The molecule has 168 valence electrons. The molecule has 0 saturated carbocycles. The molecule has 0 saturated heterocycles. The number of hydrogen-bond acceptors (Lipinski definition) is 5. The van der Waals surface area contributed by atoms with E-state index in [1.165, 1.54) is 4.90 Å². The topological polar surface area (TPSA) is 78.6 Å². The number of carbonyl (C=O) groups excluding carboxylic acids is 1. The predicted octanol–water partition coefficient (Wildman–Crippen LogP) is 4.36. The Morgan fingerprint density at radius 1 is 1.18 bits per heavy atom. The molecule has 0 spiro atoms. The second kappa shape index (κ2) is 9.03. The number of rotatable bonds is 7. The van der Waals surface area contributed by atoms with Crippen molar-refractivity contribution in [2.24, 2.45) is 0 Å². The van der Waals surface area contributed by atoms with Crippen molar-refractivity contribution in [2.45, 2.75) is 18.9 Å². The molecular weight excluding hydrogens is 421 g/mol. The molecule has 4 aromatic rings. The van der Waals surface area contributed by atoms with Gasteiger partial charge in [0.2, 0.25) is 0 Å². The number of carbonyl (C=O) groups is 1. The highest BCUT2D eigenvalue weighted by atomic mass is 19.1. The number of nitrogens with one attached hydrogen (secondary N) is 1. The second-order valence-corrected chi connectivity index (χ2v) is 8.22. The summed E-state index contributed by atoms with van der Waals surface area (Å²) in [4.78, 5) is 19.3. The summed E-state index contributed by atoms with van der Waals surface area (Å²) in [5.41, 5.74) is 5.29.